The summed E-state index contributed by atoms with van der Waals surface area (Å²) in [6, 6.07) is 10.2. The average Bonchev–Trinajstić information content (AvgIpc) is 3.04. The van der Waals surface area contributed by atoms with Gasteiger partial charge in [0.1, 0.15) is 0 Å². The van der Waals surface area contributed by atoms with Gasteiger partial charge in [0, 0.05) is 24.4 Å². The first-order valence-corrected chi connectivity index (χ1v) is 8.98. The number of aromatic nitrogens is 2. The van der Waals surface area contributed by atoms with Gasteiger partial charge in [-0.15, -0.1) is 0 Å². The molecule has 2 aromatic rings. The minimum Gasteiger partial charge on any atom is -0.380 e. The van der Waals surface area contributed by atoms with Gasteiger partial charge in [0.25, 0.3) is 0 Å². The predicted molar refractivity (Wildman–Crippen MR) is 96.5 cm³/mol. The Morgan fingerprint density at radius 2 is 2.20 bits per heavy atom. The topological polar surface area (TPSA) is 68.2 Å². The van der Waals surface area contributed by atoms with E-state index >= 15 is 0 Å². The van der Waals surface area contributed by atoms with Crippen LogP contribution in [0.2, 0.25) is 0 Å². The highest BCUT2D eigenvalue weighted by atomic mass is 16.5. The van der Waals surface area contributed by atoms with Gasteiger partial charge in [-0.2, -0.15) is 5.10 Å². The predicted octanol–water partition coefficient (Wildman–Crippen LogP) is 2.64. The van der Waals surface area contributed by atoms with Crippen molar-refractivity contribution in [3.63, 3.8) is 0 Å². The van der Waals surface area contributed by atoms with Crippen LogP contribution in [-0.2, 0) is 17.7 Å². The number of fused-ring (bicyclic) bond motifs is 1. The molecule has 0 spiro atoms. The summed E-state index contributed by atoms with van der Waals surface area (Å²) >= 11 is 0. The van der Waals surface area contributed by atoms with Crippen LogP contribution in [0.1, 0.15) is 42.6 Å². The molecule has 25 heavy (non-hydrogen) atoms. The van der Waals surface area contributed by atoms with Gasteiger partial charge in [-0.3, -0.25) is 4.68 Å². The third-order valence-electron chi connectivity index (χ3n) is 4.48. The number of hydrogen-bond donors (Lipinski definition) is 2. The molecule has 1 atom stereocenters. The molecule has 1 aromatic heterocycles. The molecular formula is C19H26N4O2. The monoisotopic (exact) mass is 342 g/mol. The number of nitrogens with zero attached hydrogens (tertiary/aromatic N) is 2. The normalized spacial score (nSPS) is 16.3. The molecular weight excluding hydrogens is 316 g/mol. The molecule has 0 saturated heterocycles. The van der Waals surface area contributed by atoms with Crippen molar-refractivity contribution in [3.8, 4) is 0 Å². The second-order valence-electron chi connectivity index (χ2n) is 6.23. The fourth-order valence-corrected chi connectivity index (χ4v) is 3.25. The van der Waals surface area contributed by atoms with Gasteiger partial charge in [-0.1, -0.05) is 30.3 Å². The number of urea groups is 1. The van der Waals surface area contributed by atoms with Crippen LogP contribution < -0.4 is 10.6 Å². The van der Waals surface area contributed by atoms with Crippen molar-refractivity contribution in [1.29, 1.82) is 0 Å². The van der Waals surface area contributed by atoms with E-state index in [4.69, 9.17) is 4.74 Å². The molecule has 0 unspecified atom stereocenters. The fraction of sp³-hybridized carbons (Fsp3) is 0.474. The van der Waals surface area contributed by atoms with Gasteiger partial charge in [0.15, 0.2) is 0 Å². The number of hydrogen-bond acceptors (Lipinski definition) is 3. The summed E-state index contributed by atoms with van der Waals surface area (Å²) in [6.45, 7) is 4.43. The van der Waals surface area contributed by atoms with E-state index in [2.05, 4.69) is 32.5 Å². The number of rotatable bonds is 7. The lowest BCUT2D eigenvalue weighted by atomic mass is 9.93. The van der Waals surface area contributed by atoms with E-state index < -0.39 is 0 Å². The molecule has 1 aliphatic rings. The first kappa shape index (κ1) is 17.5. The number of nitrogens with one attached hydrogen (secondary N) is 2. The Morgan fingerprint density at radius 3 is 3.00 bits per heavy atom. The van der Waals surface area contributed by atoms with E-state index in [0.717, 1.165) is 31.4 Å². The highest BCUT2D eigenvalue weighted by Gasteiger charge is 2.25. The summed E-state index contributed by atoms with van der Waals surface area (Å²) in [7, 11) is 0. The molecule has 6 heteroatoms. The molecule has 1 heterocycles. The van der Waals surface area contributed by atoms with Crippen molar-refractivity contribution in [2.45, 2.75) is 38.8 Å². The summed E-state index contributed by atoms with van der Waals surface area (Å²) < 4.78 is 7.30. The second-order valence-corrected chi connectivity index (χ2v) is 6.23. The van der Waals surface area contributed by atoms with Crippen LogP contribution >= 0.6 is 0 Å². The first-order valence-electron chi connectivity index (χ1n) is 8.98. The van der Waals surface area contributed by atoms with E-state index in [9.17, 15) is 4.79 Å². The van der Waals surface area contributed by atoms with Crippen molar-refractivity contribution in [1.82, 2.24) is 20.4 Å². The third-order valence-corrected chi connectivity index (χ3v) is 4.48. The Labute approximate surface area is 148 Å². The number of benzene rings is 1. The third kappa shape index (κ3) is 4.60. The van der Waals surface area contributed by atoms with Gasteiger partial charge >= 0.3 is 6.03 Å². The average molecular weight is 342 g/mol. The van der Waals surface area contributed by atoms with Crippen molar-refractivity contribution in [2.75, 3.05) is 19.8 Å². The molecule has 3 rings (SSSR count). The van der Waals surface area contributed by atoms with Crippen LogP contribution in [0.25, 0.3) is 0 Å². The lowest BCUT2D eigenvalue weighted by molar-refractivity contribution is 0.149. The second kappa shape index (κ2) is 8.67. The van der Waals surface area contributed by atoms with Crippen LogP contribution in [0.15, 0.2) is 36.5 Å². The number of ether oxygens (including phenoxy) is 1. The lowest BCUT2D eigenvalue weighted by Crippen LogP contribution is -2.40. The van der Waals surface area contributed by atoms with Gasteiger partial charge in [-0.25, -0.2) is 4.79 Å². The van der Waals surface area contributed by atoms with E-state index in [1.165, 1.54) is 11.3 Å². The fourth-order valence-electron chi connectivity index (χ4n) is 3.25. The van der Waals surface area contributed by atoms with Crippen LogP contribution in [0.4, 0.5) is 4.79 Å². The molecule has 0 bridgehead atoms. The minimum atomic E-state index is -0.145. The molecule has 2 N–H and O–H groups in total. The van der Waals surface area contributed by atoms with Gasteiger partial charge in [0.05, 0.1) is 25.4 Å². The Kier molecular flexibility index (Phi) is 6.06. The van der Waals surface area contributed by atoms with E-state index in [0.29, 0.717) is 19.8 Å². The Balaban J connectivity index is 1.61. The van der Waals surface area contributed by atoms with Crippen LogP contribution in [0.3, 0.4) is 0 Å². The first-order chi connectivity index (χ1) is 12.3. The summed E-state index contributed by atoms with van der Waals surface area (Å²) in [6.07, 6.45) is 4.91. The maximum atomic E-state index is 12.1. The number of carbonyl (C=O) groups excluding carboxylic acids is 1. The van der Waals surface area contributed by atoms with Crippen LogP contribution in [-0.4, -0.2) is 35.6 Å². The SMILES string of the molecule is CCOCCNC(=O)N[C@H]1CCCc2c1cnn2Cc1ccccc1. The molecule has 1 aliphatic carbocycles. The quantitative estimate of drug-likeness (QED) is 0.760. The minimum absolute atomic E-state index is 0.0281. The molecule has 6 nitrogen and oxygen atoms in total. The summed E-state index contributed by atoms with van der Waals surface area (Å²) in [5.41, 5.74) is 3.61. The number of amides is 2. The maximum Gasteiger partial charge on any atom is 0.315 e. The van der Waals surface area contributed by atoms with E-state index in [-0.39, 0.29) is 12.1 Å². The van der Waals surface area contributed by atoms with Gasteiger partial charge in [0.2, 0.25) is 0 Å². The summed E-state index contributed by atoms with van der Waals surface area (Å²) in [5, 5.41) is 10.5. The highest BCUT2D eigenvalue weighted by molar-refractivity contribution is 5.74. The van der Waals surface area contributed by atoms with Crippen molar-refractivity contribution < 1.29 is 9.53 Å². The molecule has 0 radical (unpaired) electrons. The van der Waals surface area contributed by atoms with Crippen LogP contribution in [0, 0.1) is 0 Å². The van der Waals surface area contributed by atoms with Crippen LogP contribution in [0.5, 0.6) is 0 Å². The highest BCUT2D eigenvalue weighted by Crippen LogP contribution is 2.29. The largest absolute Gasteiger partial charge is 0.380 e. The van der Waals surface area contributed by atoms with Crippen molar-refractivity contribution in [2.24, 2.45) is 0 Å². The molecule has 0 fully saturated rings. The number of carbonyl (C=O) groups is 1. The van der Waals surface area contributed by atoms with E-state index in [1.54, 1.807) is 0 Å². The zero-order valence-electron chi connectivity index (χ0n) is 14.7. The molecule has 1 aromatic carbocycles. The molecule has 0 aliphatic heterocycles. The van der Waals surface area contributed by atoms with E-state index in [1.807, 2.05) is 31.3 Å². The Hall–Kier alpha value is -2.34. The van der Waals surface area contributed by atoms with Gasteiger partial charge in [-0.05, 0) is 31.7 Å². The molecule has 2 amide bonds. The Bertz CT molecular complexity index is 684. The van der Waals surface area contributed by atoms with Crippen molar-refractivity contribution in [3.05, 3.63) is 53.3 Å². The van der Waals surface area contributed by atoms with Crippen molar-refractivity contribution >= 4 is 6.03 Å². The Morgan fingerprint density at radius 1 is 1.36 bits per heavy atom. The van der Waals surface area contributed by atoms with Gasteiger partial charge < -0.3 is 15.4 Å². The standard InChI is InChI=1S/C19H26N4O2/c1-2-25-12-11-20-19(24)22-17-9-6-10-18-16(17)13-21-23(18)14-15-7-4-3-5-8-15/h3-5,7-8,13,17H,2,6,9-12,14H2,1H3,(H2,20,22,24)/t17-/m0/s1. The zero-order chi connectivity index (χ0) is 17.5. The zero-order valence-corrected chi connectivity index (χ0v) is 14.7. The smallest absolute Gasteiger partial charge is 0.315 e. The lowest BCUT2D eigenvalue weighted by Gasteiger charge is -2.24. The molecule has 134 valence electrons. The summed E-state index contributed by atoms with van der Waals surface area (Å²) in [4.78, 5) is 12.1. The summed E-state index contributed by atoms with van der Waals surface area (Å²) in [5.74, 6) is 0. The molecule has 0 saturated carbocycles. The maximum absolute atomic E-state index is 12.1.